The normalized spacial score (nSPS) is 20.5. The molecule has 1 atom stereocenters. The molecule has 1 aliphatic heterocycles. The Kier molecular flexibility index (Phi) is 2.10. The van der Waals surface area contributed by atoms with E-state index in [1.807, 2.05) is 18.2 Å². The molecule has 0 radical (unpaired) electrons. The molecular weight excluding hydrogens is 164 g/mol. The van der Waals surface area contributed by atoms with Gasteiger partial charge in [0.25, 0.3) is 0 Å². The summed E-state index contributed by atoms with van der Waals surface area (Å²) in [5, 5.41) is 0. The fourth-order valence-corrected chi connectivity index (χ4v) is 1.73. The van der Waals surface area contributed by atoms with Gasteiger partial charge in [-0.3, -0.25) is 0 Å². The van der Waals surface area contributed by atoms with E-state index in [-0.39, 0.29) is 0 Å². The van der Waals surface area contributed by atoms with Crippen LogP contribution in [-0.2, 0) is 0 Å². The van der Waals surface area contributed by atoms with Gasteiger partial charge in [-0.05, 0) is 31.2 Å². The molecule has 3 heteroatoms. The van der Waals surface area contributed by atoms with Crippen LogP contribution in [0.1, 0.15) is 17.9 Å². The van der Waals surface area contributed by atoms with Crippen molar-refractivity contribution in [3.8, 4) is 5.75 Å². The van der Waals surface area contributed by atoms with Gasteiger partial charge in [0.15, 0.2) is 0 Å². The predicted molar refractivity (Wildman–Crippen MR) is 52.8 cm³/mol. The fourth-order valence-electron chi connectivity index (χ4n) is 1.73. The molecule has 0 fully saturated rings. The Bertz CT molecular complexity index is 312. The van der Waals surface area contributed by atoms with E-state index in [9.17, 15) is 0 Å². The van der Waals surface area contributed by atoms with Gasteiger partial charge in [0, 0.05) is 17.2 Å². The first-order chi connectivity index (χ1) is 6.31. The van der Waals surface area contributed by atoms with Gasteiger partial charge in [-0.15, -0.1) is 0 Å². The van der Waals surface area contributed by atoms with Crippen molar-refractivity contribution in [2.24, 2.45) is 5.73 Å². The second kappa shape index (κ2) is 3.26. The quantitative estimate of drug-likeness (QED) is 0.633. The summed E-state index contributed by atoms with van der Waals surface area (Å²) < 4.78 is 5.50. The smallest absolute Gasteiger partial charge is 0.122 e. The van der Waals surface area contributed by atoms with Crippen molar-refractivity contribution in [3.05, 3.63) is 23.8 Å². The monoisotopic (exact) mass is 178 g/mol. The number of nitrogen functional groups attached to an aromatic ring is 1. The van der Waals surface area contributed by atoms with Gasteiger partial charge < -0.3 is 16.2 Å². The third kappa shape index (κ3) is 1.47. The summed E-state index contributed by atoms with van der Waals surface area (Å²) in [6, 6.07) is 5.75. The van der Waals surface area contributed by atoms with Crippen LogP contribution in [0.3, 0.4) is 0 Å². The molecule has 0 aromatic heterocycles. The van der Waals surface area contributed by atoms with Gasteiger partial charge in [-0.2, -0.15) is 0 Å². The van der Waals surface area contributed by atoms with Crippen LogP contribution in [0.4, 0.5) is 5.69 Å². The lowest BCUT2D eigenvalue weighted by Gasteiger charge is -2.24. The number of anilines is 1. The highest BCUT2D eigenvalue weighted by atomic mass is 16.5. The van der Waals surface area contributed by atoms with Crippen LogP contribution in [0.25, 0.3) is 0 Å². The second-order valence-electron chi connectivity index (χ2n) is 3.37. The molecule has 1 heterocycles. The Labute approximate surface area is 77.7 Å². The highest BCUT2D eigenvalue weighted by molar-refractivity contribution is 5.50. The summed E-state index contributed by atoms with van der Waals surface area (Å²) in [4.78, 5) is 0. The molecule has 1 aliphatic rings. The molecule has 4 N–H and O–H groups in total. The highest BCUT2D eigenvalue weighted by Gasteiger charge is 2.19. The molecule has 0 saturated carbocycles. The first kappa shape index (κ1) is 8.38. The summed E-state index contributed by atoms with van der Waals surface area (Å²) in [5.41, 5.74) is 13.3. The molecule has 0 spiro atoms. The Morgan fingerprint density at radius 3 is 3.08 bits per heavy atom. The zero-order valence-corrected chi connectivity index (χ0v) is 7.49. The molecule has 13 heavy (non-hydrogen) atoms. The minimum Gasteiger partial charge on any atom is -0.493 e. The topological polar surface area (TPSA) is 61.3 Å². The van der Waals surface area contributed by atoms with Crippen LogP contribution in [0.5, 0.6) is 5.75 Å². The second-order valence-corrected chi connectivity index (χ2v) is 3.37. The summed E-state index contributed by atoms with van der Waals surface area (Å²) >= 11 is 0. The standard InChI is InChI=1S/C10H14N2O/c11-6-7-3-4-13-10-2-1-8(12)5-9(7)10/h1-2,5,7H,3-4,6,11-12H2. The third-order valence-electron chi connectivity index (χ3n) is 2.48. The van der Waals surface area contributed by atoms with E-state index in [0.29, 0.717) is 12.5 Å². The van der Waals surface area contributed by atoms with Gasteiger partial charge in [0.2, 0.25) is 0 Å². The largest absolute Gasteiger partial charge is 0.493 e. The Hall–Kier alpha value is -1.22. The Morgan fingerprint density at radius 1 is 1.46 bits per heavy atom. The van der Waals surface area contributed by atoms with Gasteiger partial charge in [0.1, 0.15) is 5.75 Å². The number of benzene rings is 1. The molecule has 1 unspecified atom stereocenters. The zero-order valence-electron chi connectivity index (χ0n) is 7.49. The lowest BCUT2D eigenvalue weighted by atomic mass is 9.93. The van der Waals surface area contributed by atoms with Crippen molar-refractivity contribution < 1.29 is 4.74 Å². The van der Waals surface area contributed by atoms with Gasteiger partial charge >= 0.3 is 0 Å². The van der Waals surface area contributed by atoms with E-state index in [1.165, 1.54) is 0 Å². The summed E-state index contributed by atoms with van der Waals surface area (Å²) in [6.07, 6.45) is 0.993. The molecule has 0 amide bonds. The van der Waals surface area contributed by atoms with Crippen molar-refractivity contribution in [1.82, 2.24) is 0 Å². The van der Waals surface area contributed by atoms with E-state index >= 15 is 0 Å². The highest BCUT2D eigenvalue weighted by Crippen LogP contribution is 2.34. The van der Waals surface area contributed by atoms with Crippen LogP contribution in [0, 0.1) is 0 Å². The lowest BCUT2D eigenvalue weighted by molar-refractivity contribution is 0.269. The molecular formula is C10H14N2O. The van der Waals surface area contributed by atoms with E-state index in [0.717, 1.165) is 30.0 Å². The van der Waals surface area contributed by atoms with Crippen molar-refractivity contribution in [1.29, 1.82) is 0 Å². The average molecular weight is 178 g/mol. The lowest BCUT2D eigenvalue weighted by Crippen LogP contribution is -2.21. The van der Waals surface area contributed by atoms with E-state index in [2.05, 4.69) is 0 Å². The van der Waals surface area contributed by atoms with Crippen LogP contribution < -0.4 is 16.2 Å². The molecule has 1 aromatic carbocycles. The SMILES string of the molecule is NCC1CCOc2ccc(N)cc21. The molecule has 0 bridgehead atoms. The fraction of sp³-hybridized carbons (Fsp3) is 0.400. The number of ether oxygens (including phenoxy) is 1. The maximum absolute atomic E-state index is 5.70. The number of nitrogens with two attached hydrogens (primary N) is 2. The number of hydrogen-bond donors (Lipinski definition) is 2. The number of fused-ring (bicyclic) bond motifs is 1. The maximum Gasteiger partial charge on any atom is 0.122 e. The molecule has 3 nitrogen and oxygen atoms in total. The predicted octanol–water partition coefficient (Wildman–Crippen LogP) is 1.09. The molecule has 0 saturated heterocycles. The maximum atomic E-state index is 5.70. The Morgan fingerprint density at radius 2 is 2.31 bits per heavy atom. The molecule has 2 rings (SSSR count). The van der Waals surface area contributed by atoms with E-state index in [1.54, 1.807) is 0 Å². The van der Waals surface area contributed by atoms with Crippen molar-refractivity contribution in [3.63, 3.8) is 0 Å². The number of rotatable bonds is 1. The molecule has 0 aliphatic carbocycles. The van der Waals surface area contributed by atoms with Crippen LogP contribution in [0.15, 0.2) is 18.2 Å². The minimum atomic E-state index is 0.409. The van der Waals surface area contributed by atoms with Gasteiger partial charge in [0.05, 0.1) is 6.61 Å². The average Bonchev–Trinajstić information content (AvgIpc) is 2.17. The van der Waals surface area contributed by atoms with E-state index < -0.39 is 0 Å². The van der Waals surface area contributed by atoms with Crippen molar-refractivity contribution in [2.45, 2.75) is 12.3 Å². The summed E-state index contributed by atoms with van der Waals surface area (Å²) in [5.74, 6) is 1.35. The van der Waals surface area contributed by atoms with Gasteiger partial charge in [-0.1, -0.05) is 0 Å². The summed E-state index contributed by atoms with van der Waals surface area (Å²) in [7, 11) is 0. The van der Waals surface area contributed by atoms with Crippen molar-refractivity contribution >= 4 is 5.69 Å². The summed E-state index contributed by atoms with van der Waals surface area (Å²) in [6.45, 7) is 1.43. The molecule has 1 aromatic rings. The zero-order chi connectivity index (χ0) is 9.26. The first-order valence-corrected chi connectivity index (χ1v) is 4.53. The molecule has 70 valence electrons. The van der Waals surface area contributed by atoms with Crippen LogP contribution in [0.2, 0.25) is 0 Å². The minimum absolute atomic E-state index is 0.409. The number of hydrogen-bond acceptors (Lipinski definition) is 3. The third-order valence-corrected chi connectivity index (χ3v) is 2.48. The Balaban J connectivity index is 2.41. The van der Waals surface area contributed by atoms with Crippen LogP contribution >= 0.6 is 0 Å². The first-order valence-electron chi connectivity index (χ1n) is 4.53. The van der Waals surface area contributed by atoms with Crippen molar-refractivity contribution in [2.75, 3.05) is 18.9 Å². The van der Waals surface area contributed by atoms with Crippen LogP contribution in [-0.4, -0.2) is 13.2 Å². The van der Waals surface area contributed by atoms with Gasteiger partial charge in [-0.25, -0.2) is 0 Å². The van der Waals surface area contributed by atoms with E-state index in [4.69, 9.17) is 16.2 Å².